The molecule has 0 bridgehead atoms. The largest absolute Gasteiger partial charge is 0.444 e. The number of likely N-dealkylation sites (tertiary alicyclic amines) is 1. The highest BCUT2D eigenvalue weighted by atomic mass is 16.6. The number of hydrogen-bond acceptors (Lipinski definition) is 4. The van der Waals surface area contributed by atoms with Gasteiger partial charge in [-0.25, -0.2) is 9.78 Å². The maximum absolute atomic E-state index is 12.5. The number of carbonyl (C=O) groups is 1. The molecular weight excluding hydrogens is 316 g/mol. The van der Waals surface area contributed by atoms with E-state index in [-0.39, 0.29) is 18.2 Å². The Bertz CT molecular complexity index is 619. The van der Waals surface area contributed by atoms with Crippen molar-refractivity contribution in [1.82, 2.24) is 19.8 Å². The molecule has 25 heavy (non-hydrogen) atoms. The van der Waals surface area contributed by atoms with Crippen LogP contribution in [0.4, 0.5) is 4.79 Å². The molecule has 1 N–H and O–H groups in total. The zero-order valence-electron chi connectivity index (χ0n) is 16.2. The summed E-state index contributed by atoms with van der Waals surface area (Å²) in [5.74, 6) is 1.19. The fourth-order valence-electron chi connectivity index (χ4n) is 4.06. The SMILES string of the molecule is Cc1cn2c(n1)CC[C@H](N[C@@H](C)[C@@H]1CCCN1C(=O)OC(C)(C)C)C2. The summed E-state index contributed by atoms with van der Waals surface area (Å²) in [6.07, 6.45) is 6.15. The number of aromatic nitrogens is 2. The molecule has 1 fully saturated rings. The van der Waals surface area contributed by atoms with E-state index >= 15 is 0 Å². The van der Waals surface area contributed by atoms with E-state index in [0.717, 1.165) is 44.5 Å². The van der Waals surface area contributed by atoms with Crippen LogP contribution in [0.3, 0.4) is 0 Å². The second-order valence-electron chi connectivity index (χ2n) is 8.53. The third kappa shape index (κ3) is 4.35. The molecule has 0 unspecified atom stereocenters. The summed E-state index contributed by atoms with van der Waals surface area (Å²) in [6.45, 7) is 11.8. The average molecular weight is 348 g/mol. The molecule has 1 aromatic heterocycles. The first-order chi connectivity index (χ1) is 11.7. The van der Waals surface area contributed by atoms with Gasteiger partial charge in [-0.1, -0.05) is 0 Å². The van der Waals surface area contributed by atoms with E-state index in [0.29, 0.717) is 6.04 Å². The number of aryl methyl sites for hydroxylation is 2. The minimum Gasteiger partial charge on any atom is -0.444 e. The number of nitrogens with zero attached hydrogens (tertiary/aromatic N) is 3. The Morgan fingerprint density at radius 2 is 2.16 bits per heavy atom. The maximum Gasteiger partial charge on any atom is 0.410 e. The van der Waals surface area contributed by atoms with E-state index in [1.54, 1.807) is 0 Å². The molecule has 1 saturated heterocycles. The molecule has 6 heteroatoms. The lowest BCUT2D eigenvalue weighted by molar-refractivity contribution is 0.0195. The number of fused-ring (bicyclic) bond motifs is 1. The van der Waals surface area contributed by atoms with Crippen molar-refractivity contribution >= 4 is 6.09 Å². The minimum atomic E-state index is -0.445. The van der Waals surface area contributed by atoms with Crippen LogP contribution in [0, 0.1) is 6.92 Å². The maximum atomic E-state index is 12.5. The van der Waals surface area contributed by atoms with Crippen molar-refractivity contribution in [2.45, 2.75) is 90.6 Å². The van der Waals surface area contributed by atoms with Crippen molar-refractivity contribution in [2.75, 3.05) is 6.54 Å². The number of rotatable bonds is 3. The summed E-state index contributed by atoms with van der Waals surface area (Å²) in [7, 11) is 0. The molecule has 0 aromatic carbocycles. The van der Waals surface area contributed by atoms with Crippen LogP contribution in [0.25, 0.3) is 0 Å². The molecule has 0 spiro atoms. The van der Waals surface area contributed by atoms with E-state index in [1.165, 1.54) is 5.82 Å². The van der Waals surface area contributed by atoms with E-state index in [2.05, 4.69) is 28.0 Å². The molecule has 3 rings (SSSR count). The summed E-state index contributed by atoms with van der Waals surface area (Å²) in [6, 6.07) is 0.893. The van der Waals surface area contributed by atoms with Crippen LogP contribution in [-0.4, -0.2) is 50.8 Å². The van der Waals surface area contributed by atoms with Gasteiger partial charge < -0.3 is 19.5 Å². The fourth-order valence-corrected chi connectivity index (χ4v) is 4.06. The summed E-state index contributed by atoms with van der Waals surface area (Å²) in [5, 5.41) is 3.76. The first-order valence-electron chi connectivity index (χ1n) is 9.51. The Balaban J connectivity index is 1.59. The Morgan fingerprint density at radius 3 is 2.88 bits per heavy atom. The molecule has 0 aliphatic carbocycles. The number of nitrogens with one attached hydrogen (secondary N) is 1. The van der Waals surface area contributed by atoms with Crippen LogP contribution in [-0.2, 0) is 17.7 Å². The molecular formula is C19H32N4O2. The van der Waals surface area contributed by atoms with E-state index in [4.69, 9.17) is 4.74 Å². The van der Waals surface area contributed by atoms with Gasteiger partial charge in [0.05, 0.1) is 11.7 Å². The van der Waals surface area contributed by atoms with Gasteiger partial charge in [0.1, 0.15) is 11.4 Å². The van der Waals surface area contributed by atoms with Crippen molar-refractivity contribution in [3.63, 3.8) is 0 Å². The van der Waals surface area contributed by atoms with Crippen LogP contribution in [0.1, 0.15) is 58.5 Å². The lowest BCUT2D eigenvalue weighted by atomic mass is 10.0. The lowest BCUT2D eigenvalue weighted by Crippen LogP contribution is -2.52. The van der Waals surface area contributed by atoms with Crippen LogP contribution in [0.5, 0.6) is 0 Å². The quantitative estimate of drug-likeness (QED) is 0.912. The van der Waals surface area contributed by atoms with Crippen LogP contribution in [0.15, 0.2) is 6.20 Å². The van der Waals surface area contributed by atoms with Gasteiger partial charge in [0, 0.05) is 37.8 Å². The Morgan fingerprint density at radius 1 is 1.40 bits per heavy atom. The second kappa shape index (κ2) is 6.98. The van der Waals surface area contributed by atoms with Crippen molar-refractivity contribution in [2.24, 2.45) is 0 Å². The van der Waals surface area contributed by atoms with E-state index in [1.807, 2.05) is 32.6 Å². The smallest absolute Gasteiger partial charge is 0.410 e. The van der Waals surface area contributed by atoms with E-state index in [9.17, 15) is 4.79 Å². The zero-order valence-corrected chi connectivity index (χ0v) is 16.2. The van der Waals surface area contributed by atoms with Gasteiger partial charge in [-0.2, -0.15) is 0 Å². The van der Waals surface area contributed by atoms with Crippen molar-refractivity contribution in [3.05, 3.63) is 17.7 Å². The summed E-state index contributed by atoms with van der Waals surface area (Å²) < 4.78 is 7.86. The van der Waals surface area contributed by atoms with Crippen LogP contribution >= 0.6 is 0 Å². The Kier molecular flexibility index (Phi) is 5.09. The zero-order chi connectivity index (χ0) is 18.2. The molecule has 1 amide bonds. The monoisotopic (exact) mass is 348 g/mol. The molecule has 140 valence electrons. The van der Waals surface area contributed by atoms with Crippen LogP contribution in [0.2, 0.25) is 0 Å². The number of hydrogen-bond donors (Lipinski definition) is 1. The fraction of sp³-hybridized carbons (Fsp3) is 0.789. The number of amides is 1. The number of ether oxygens (including phenoxy) is 1. The molecule has 3 heterocycles. The van der Waals surface area contributed by atoms with E-state index < -0.39 is 5.60 Å². The van der Waals surface area contributed by atoms with Gasteiger partial charge >= 0.3 is 6.09 Å². The lowest BCUT2D eigenvalue weighted by Gasteiger charge is -2.35. The van der Waals surface area contributed by atoms with Crippen molar-refractivity contribution in [3.8, 4) is 0 Å². The molecule has 0 radical (unpaired) electrons. The molecule has 2 aliphatic rings. The normalized spacial score (nSPS) is 24.9. The summed E-state index contributed by atoms with van der Waals surface area (Å²) >= 11 is 0. The third-order valence-corrected chi connectivity index (χ3v) is 5.12. The van der Waals surface area contributed by atoms with Gasteiger partial charge in [0.2, 0.25) is 0 Å². The Labute approximate surface area is 150 Å². The topological polar surface area (TPSA) is 59.4 Å². The first kappa shape index (κ1) is 18.2. The van der Waals surface area contributed by atoms with Gasteiger partial charge in [-0.05, 0) is 53.9 Å². The second-order valence-corrected chi connectivity index (χ2v) is 8.53. The third-order valence-electron chi connectivity index (χ3n) is 5.12. The van der Waals surface area contributed by atoms with Crippen molar-refractivity contribution in [1.29, 1.82) is 0 Å². The van der Waals surface area contributed by atoms with Gasteiger partial charge in [-0.15, -0.1) is 0 Å². The molecule has 3 atom stereocenters. The molecule has 1 aromatic rings. The van der Waals surface area contributed by atoms with Gasteiger partial charge in [0.25, 0.3) is 0 Å². The summed E-state index contributed by atoms with van der Waals surface area (Å²) in [5.41, 5.74) is 0.649. The molecule has 0 saturated carbocycles. The highest BCUT2D eigenvalue weighted by molar-refractivity contribution is 5.69. The minimum absolute atomic E-state index is 0.181. The first-order valence-corrected chi connectivity index (χ1v) is 9.51. The van der Waals surface area contributed by atoms with Crippen LogP contribution < -0.4 is 5.32 Å². The summed E-state index contributed by atoms with van der Waals surface area (Å²) in [4.78, 5) is 19.0. The average Bonchev–Trinajstić information content (AvgIpc) is 3.10. The van der Waals surface area contributed by atoms with Gasteiger partial charge in [-0.3, -0.25) is 0 Å². The Hall–Kier alpha value is -1.56. The highest BCUT2D eigenvalue weighted by Gasteiger charge is 2.36. The standard InChI is InChI=1S/C19H32N4O2/c1-13-11-22-12-15(8-9-17(22)20-13)21-14(2)16-7-6-10-23(16)18(24)25-19(3,4)5/h11,14-16,21H,6-10,12H2,1-5H3/t14-,15-,16-/m0/s1. The predicted molar refractivity (Wildman–Crippen MR) is 97.6 cm³/mol. The molecule has 2 aliphatic heterocycles. The predicted octanol–water partition coefficient (Wildman–Crippen LogP) is 2.88. The van der Waals surface area contributed by atoms with Crippen molar-refractivity contribution < 1.29 is 9.53 Å². The number of imidazole rings is 1. The molecule has 6 nitrogen and oxygen atoms in total. The number of carbonyl (C=O) groups excluding carboxylic acids is 1. The highest BCUT2D eigenvalue weighted by Crippen LogP contribution is 2.24. The van der Waals surface area contributed by atoms with Gasteiger partial charge in [0.15, 0.2) is 0 Å².